The number of halogens is 1. The SMILES string of the molecule is COC(=O)c1ccc(COC(=O)N2C=CN(C(=O)CNC(=O)CBr)C=C2)cc1. The first-order chi connectivity index (χ1) is 13.4. The average molecular weight is 452 g/mol. The van der Waals surface area contributed by atoms with Crippen LogP contribution < -0.4 is 5.32 Å². The summed E-state index contributed by atoms with van der Waals surface area (Å²) in [5.41, 5.74) is 1.10. The fourth-order valence-corrected chi connectivity index (χ4v) is 2.26. The molecule has 0 saturated carbocycles. The molecule has 1 aromatic rings. The molecule has 0 aliphatic carbocycles. The van der Waals surface area contributed by atoms with E-state index in [-0.39, 0.29) is 30.3 Å². The summed E-state index contributed by atoms with van der Waals surface area (Å²) < 4.78 is 9.80. The standard InChI is InChI=1S/C18H18BrN3O6/c1-27-17(25)14-4-2-13(3-5-14)12-28-18(26)22-8-6-21(7-9-22)16(24)11-20-15(23)10-19/h2-9H,10-12H2,1H3,(H,20,23). The van der Waals surface area contributed by atoms with E-state index in [0.717, 1.165) is 0 Å². The monoisotopic (exact) mass is 451 g/mol. The van der Waals surface area contributed by atoms with E-state index in [9.17, 15) is 19.2 Å². The maximum Gasteiger partial charge on any atom is 0.418 e. The Bertz CT molecular complexity index is 792. The van der Waals surface area contributed by atoms with Gasteiger partial charge >= 0.3 is 12.1 Å². The van der Waals surface area contributed by atoms with Gasteiger partial charge in [0.25, 0.3) is 0 Å². The molecule has 0 radical (unpaired) electrons. The Hall–Kier alpha value is -3.14. The first-order valence-electron chi connectivity index (χ1n) is 8.07. The fraction of sp³-hybridized carbons (Fsp3) is 0.222. The Kier molecular flexibility index (Phi) is 7.76. The second-order valence-electron chi connectivity index (χ2n) is 5.46. The molecule has 0 unspecified atom stereocenters. The van der Waals surface area contributed by atoms with Crippen LogP contribution in [0, 0.1) is 0 Å². The molecule has 0 aromatic heterocycles. The lowest BCUT2D eigenvalue weighted by molar-refractivity contribution is -0.128. The number of nitrogens with one attached hydrogen (secondary N) is 1. The van der Waals surface area contributed by atoms with Gasteiger partial charge in [-0.25, -0.2) is 9.59 Å². The van der Waals surface area contributed by atoms with Gasteiger partial charge in [-0.1, -0.05) is 28.1 Å². The van der Waals surface area contributed by atoms with Crippen LogP contribution in [0.15, 0.2) is 49.1 Å². The van der Waals surface area contributed by atoms with Crippen molar-refractivity contribution >= 4 is 39.8 Å². The van der Waals surface area contributed by atoms with E-state index >= 15 is 0 Å². The summed E-state index contributed by atoms with van der Waals surface area (Å²) >= 11 is 2.99. The largest absolute Gasteiger partial charge is 0.465 e. The molecule has 0 fully saturated rings. The first kappa shape index (κ1) is 21.2. The van der Waals surface area contributed by atoms with E-state index in [4.69, 9.17) is 4.74 Å². The molecule has 0 bridgehead atoms. The van der Waals surface area contributed by atoms with Crippen LogP contribution in [-0.2, 0) is 25.7 Å². The number of methoxy groups -OCH3 is 1. The van der Waals surface area contributed by atoms with Gasteiger partial charge in [-0.3, -0.25) is 19.4 Å². The highest BCUT2D eigenvalue weighted by atomic mass is 79.9. The Morgan fingerprint density at radius 1 is 1.00 bits per heavy atom. The molecule has 28 heavy (non-hydrogen) atoms. The molecule has 0 atom stereocenters. The minimum Gasteiger partial charge on any atom is -0.465 e. The highest BCUT2D eigenvalue weighted by molar-refractivity contribution is 9.09. The second kappa shape index (κ2) is 10.3. The van der Waals surface area contributed by atoms with Gasteiger partial charge in [0.2, 0.25) is 11.8 Å². The molecule has 10 heteroatoms. The third-order valence-corrected chi connectivity index (χ3v) is 4.08. The normalized spacial score (nSPS) is 12.5. The summed E-state index contributed by atoms with van der Waals surface area (Å²) in [6.45, 7) is -0.148. The van der Waals surface area contributed by atoms with E-state index in [1.165, 1.54) is 41.7 Å². The summed E-state index contributed by atoms with van der Waals surface area (Å²) in [4.78, 5) is 48.9. The number of carbonyl (C=O) groups excluding carboxylic acids is 4. The van der Waals surface area contributed by atoms with Crippen molar-refractivity contribution in [2.75, 3.05) is 19.0 Å². The summed E-state index contributed by atoms with van der Waals surface area (Å²) in [6.07, 6.45) is 4.87. The number of benzene rings is 1. The molecule has 3 amide bonds. The Morgan fingerprint density at radius 3 is 2.18 bits per heavy atom. The zero-order valence-corrected chi connectivity index (χ0v) is 16.5. The van der Waals surface area contributed by atoms with Crippen LogP contribution in [-0.4, -0.2) is 52.7 Å². The summed E-state index contributed by atoms with van der Waals surface area (Å²) in [6, 6.07) is 6.47. The number of carbonyl (C=O) groups is 4. The summed E-state index contributed by atoms with van der Waals surface area (Å²) in [5, 5.41) is 2.55. The van der Waals surface area contributed by atoms with Crippen molar-refractivity contribution in [3.8, 4) is 0 Å². The lowest BCUT2D eigenvalue weighted by Crippen LogP contribution is -2.37. The number of rotatable bonds is 6. The molecular weight excluding hydrogens is 434 g/mol. The van der Waals surface area contributed by atoms with Crippen molar-refractivity contribution in [1.82, 2.24) is 15.1 Å². The second-order valence-corrected chi connectivity index (χ2v) is 6.02. The minimum atomic E-state index is -0.635. The van der Waals surface area contributed by atoms with Crippen molar-refractivity contribution in [3.63, 3.8) is 0 Å². The highest BCUT2D eigenvalue weighted by Gasteiger charge is 2.17. The zero-order chi connectivity index (χ0) is 20.5. The van der Waals surface area contributed by atoms with Crippen molar-refractivity contribution in [1.29, 1.82) is 0 Å². The van der Waals surface area contributed by atoms with Crippen molar-refractivity contribution in [2.24, 2.45) is 0 Å². The molecular formula is C18H18BrN3O6. The van der Waals surface area contributed by atoms with Crippen LogP contribution >= 0.6 is 15.9 Å². The predicted molar refractivity (Wildman–Crippen MR) is 102 cm³/mol. The lowest BCUT2D eigenvalue weighted by atomic mass is 10.1. The van der Waals surface area contributed by atoms with Gasteiger partial charge in [0.05, 0.1) is 24.5 Å². The van der Waals surface area contributed by atoms with Crippen LogP contribution in [0.3, 0.4) is 0 Å². The van der Waals surface area contributed by atoms with Crippen LogP contribution in [0.4, 0.5) is 4.79 Å². The van der Waals surface area contributed by atoms with Crippen molar-refractivity contribution in [3.05, 3.63) is 60.2 Å². The quantitative estimate of drug-likeness (QED) is 0.521. The van der Waals surface area contributed by atoms with E-state index in [1.807, 2.05) is 0 Å². The molecule has 1 aromatic carbocycles. The number of hydrogen-bond acceptors (Lipinski definition) is 6. The molecule has 9 nitrogen and oxygen atoms in total. The van der Waals surface area contributed by atoms with E-state index in [1.54, 1.807) is 24.3 Å². The number of alkyl halides is 1. The Labute approximate surface area is 169 Å². The average Bonchev–Trinajstić information content (AvgIpc) is 2.75. The van der Waals surface area contributed by atoms with E-state index in [0.29, 0.717) is 11.1 Å². The minimum absolute atomic E-state index is 0.0136. The third-order valence-electron chi connectivity index (χ3n) is 3.57. The number of esters is 1. The number of ether oxygens (including phenoxy) is 2. The molecule has 0 spiro atoms. The van der Waals surface area contributed by atoms with E-state index < -0.39 is 12.1 Å². The first-order valence-corrected chi connectivity index (χ1v) is 9.19. The smallest absolute Gasteiger partial charge is 0.418 e. The molecule has 1 heterocycles. The molecule has 148 valence electrons. The van der Waals surface area contributed by atoms with Crippen LogP contribution in [0.25, 0.3) is 0 Å². The number of nitrogens with zero attached hydrogens (tertiary/aromatic N) is 2. The Morgan fingerprint density at radius 2 is 1.61 bits per heavy atom. The topological polar surface area (TPSA) is 105 Å². The number of amides is 3. The van der Waals surface area contributed by atoms with Gasteiger partial charge in [-0.05, 0) is 17.7 Å². The van der Waals surface area contributed by atoms with Crippen LogP contribution in [0.2, 0.25) is 0 Å². The predicted octanol–water partition coefficient (Wildman–Crippen LogP) is 1.71. The van der Waals surface area contributed by atoms with Crippen molar-refractivity contribution in [2.45, 2.75) is 6.61 Å². The maximum absolute atomic E-state index is 12.1. The fourth-order valence-electron chi connectivity index (χ4n) is 2.06. The molecule has 1 N–H and O–H groups in total. The van der Waals surface area contributed by atoms with Gasteiger partial charge in [-0.15, -0.1) is 0 Å². The summed E-state index contributed by atoms with van der Waals surface area (Å²) in [7, 11) is 1.30. The molecule has 2 rings (SSSR count). The van der Waals surface area contributed by atoms with Gasteiger partial charge in [0.15, 0.2) is 0 Å². The van der Waals surface area contributed by atoms with Crippen LogP contribution in [0.5, 0.6) is 0 Å². The number of hydrogen-bond donors (Lipinski definition) is 1. The van der Waals surface area contributed by atoms with Gasteiger partial charge in [0, 0.05) is 24.8 Å². The molecule has 1 aliphatic rings. The maximum atomic E-state index is 12.1. The zero-order valence-electron chi connectivity index (χ0n) is 15.0. The van der Waals surface area contributed by atoms with Gasteiger partial charge < -0.3 is 14.8 Å². The molecule has 1 aliphatic heterocycles. The summed E-state index contributed by atoms with van der Waals surface area (Å²) in [5.74, 6) is -1.11. The van der Waals surface area contributed by atoms with Gasteiger partial charge in [-0.2, -0.15) is 0 Å². The molecule has 0 saturated heterocycles. The van der Waals surface area contributed by atoms with Crippen LogP contribution in [0.1, 0.15) is 15.9 Å². The lowest BCUT2D eigenvalue weighted by Gasteiger charge is -2.22. The van der Waals surface area contributed by atoms with E-state index in [2.05, 4.69) is 26.0 Å². The van der Waals surface area contributed by atoms with Crippen molar-refractivity contribution < 1.29 is 28.7 Å². The highest BCUT2D eigenvalue weighted by Crippen LogP contribution is 2.10. The third kappa shape index (κ3) is 5.95. The Balaban J connectivity index is 1.81. The van der Waals surface area contributed by atoms with Gasteiger partial charge in [0.1, 0.15) is 6.61 Å².